The van der Waals surface area contributed by atoms with E-state index >= 15 is 0 Å². The summed E-state index contributed by atoms with van der Waals surface area (Å²) in [5.74, 6) is -0.130. The van der Waals surface area contributed by atoms with Gasteiger partial charge in [0, 0.05) is 68.6 Å². The van der Waals surface area contributed by atoms with Crippen molar-refractivity contribution in [1.29, 1.82) is 0 Å². The number of nitrogens with zero attached hydrogens (tertiary/aromatic N) is 4. The highest BCUT2D eigenvalue weighted by Crippen LogP contribution is 2.27. The van der Waals surface area contributed by atoms with Crippen LogP contribution in [-0.4, -0.2) is 70.2 Å². The molecule has 1 saturated heterocycles. The van der Waals surface area contributed by atoms with Crippen LogP contribution in [0.4, 0.5) is 5.69 Å². The van der Waals surface area contributed by atoms with Crippen molar-refractivity contribution in [3.8, 4) is 0 Å². The van der Waals surface area contributed by atoms with Gasteiger partial charge < -0.3 is 9.80 Å². The van der Waals surface area contributed by atoms with Crippen molar-refractivity contribution in [1.82, 2.24) is 14.7 Å². The molecule has 2 heterocycles. The number of nitro benzene ring substituents is 1. The van der Waals surface area contributed by atoms with Crippen LogP contribution in [0.2, 0.25) is 0 Å². The molecule has 0 spiro atoms. The van der Waals surface area contributed by atoms with Crippen LogP contribution >= 0.6 is 0 Å². The highest BCUT2D eigenvalue weighted by Gasteiger charge is 2.30. The molecule has 3 aliphatic rings. The van der Waals surface area contributed by atoms with Crippen LogP contribution in [0.15, 0.2) is 42.5 Å². The number of non-ortho nitro benzene ring substituents is 1. The maximum absolute atomic E-state index is 13.1. The number of fused-ring (bicyclic) bond motifs is 1. The van der Waals surface area contributed by atoms with Gasteiger partial charge in [0.15, 0.2) is 0 Å². The fraction of sp³-hybridized carbons (Fsp3) is 0.440. The number of nitro groups is 1. The molecule has 2 amide bonds. The molecule has 8 heteroatoms. The Labute approximate surface area is 192 Å². The number of benzene rings is 2. The minimum absolute atomic E-state index is 0.0844. The molecule has 1 aliphatic carbocycles. The second kappa shape index (κ2) is 8.94. The monoisotopic (exact) mass is 448 g/mol. The van der Waals surface area contributed by atoms with Crippen molar-refractivity contribution in [2.45, 2.75) is 38.3 Å². The van der Waals surface area contributed by atoms with Crippen molar-refractivity contribution in [3.05, 3.63) is 74.8 Å². The van der Waals surface area contributed by atoms with Gasteiger partial charge in [0.25, 0.3) is 17.5 Å². The van der Waals surface area contributed by atoms with Crippen molar-refractivity contribution >= 4 is 17.5 Å². The van der Waals surface area contributed by atoms with Crippen molar-refractivity contribution in [2.75, 3.05) is 32.7 Å². The Hall–Kier alpha value is -3.26. The average Bonchev–Trinajstić information content (AvgIpc) is 2.82. The first-order valence-electron chi connectivity index (χ1n) is 11.7. The molecular formula is C25H28N4O4. The van der Waals surface area contributed by atoms with Crippen molar-refractivity contribution in [3.63, 3.8) is 0 Å². The number of rotatable bonds is 4. The largest absolute Gasteiger partial charge is 0.336 e. The zero-order chi connectivity index (χ0) is 22.9. The highest BCUT2D eigenvalue weighted by molar-refractivity contribution is 5.96. The summed E-state index contributed by atoms with van der Waals surface area (Å²) in [5.41, 5.74) is 3.06. The van der Waals surface area contributed by atoms with Crippen molar-refractivity contribution < 1.29 is 14.5 Å². The molecule has 0 N–H and O–H groups in total. The molecule has 2 aliphatic heterocycles. The third kappa shape index (κ3) is 4.35. The second-order valence-electron chi connectivity index (χ2n) is 9.18. The van der Waals surface area contributed by atoms with Gasteiger partial charge in [0.2, 0.25) is 0 Å². The second-order valence-corrected chi connectivity index (χ2v) is 9.18. The molecule has 0 unspecified atom stereocenters. The fourth-order valence-electron chi connectivity index (χ4n) is 5.02. The molecular weight excluding hydrogens is 420 g/mol. The maximum atomic E-state index is 13.1. The number of hydrogen-bond donors (Lipinski definition) is 0. The van der Waals surface area contributed by atoms with Gasteiger partial charge in [-0.2, -0.15) is 0 Å². The van der Waals surface area contributed by atoms with Gasteiger partial charge in [0.05, 0.1) is 4.92 Å². The highest BCUT2D eigenvalue weighted by atomic mass is 16.6. The SMILES string of the molecule is O=C(c1ccc2c(c1)CCN(C(=O)c1cccc([N+](=O)[O-])c1)C2)N1CCN(C2CCC2)CC1. The molecule has 0 radical (unpaired) electrons. The lowest BCUT2D eigenvalue weighted by Crippen LogP contribution is -2.53. The van der Waals surface area contributed by atoms with E-state index in [4.69, 9.17) is 0 Å². The van der Waals surface area contributed by atoms with Crippen LogP contribution in [0.5, 0.6) is 0 Å². The molecule has 5 rings (SSSR count). The summed E-state index contributed by atoms with van der Waals surface area (Å²) in [7, 11) is 0. The minimum atomic E-state index is -0.492. The van der Waals surface area contributed by atoms with E-state index < -0.39 is 4.92 Å². The Morgan fingerprint density at radius 3 is 2.27 bits per heavy atom. The van der Waals surface area contributed by atoms with E-state index in [1.54, 1.807) is 11.0 Å². The molecule has 0 atom stereocenters. The summed E-state index contributed by atoms with van der Waals surface area (Å²) in [6.45, 7) is 4.42. The lowest BCUT2D eigenvalue weighted by atomic mass is 9.91. The van der Waals surface area contributed by atoms with E-state index in [1.165, 1.54) is 37.5 Å². The summed E-state index contributed by atoms with van der Waals surface area (Å²) < 4.78 is 0. The third-order valence-electron chi connectivity index (χ3n) is 7.25. The maximum Gasteiger partial charge on any atom is 0.270 e. The predicted octanol–water partition coefficient (Wildman–Crippen LogP) is 3.10. The van der Waals surface area contributed by atoms with Crippen LogP contribution < -0.4 is 0 Å². The summed E-state index contributed by atoms with van der Waals surface area (Å²) in [5, 5.41) is 11.0. The number of piperazine rings is 1. The van der Waals surface area contributed by atoms with Gasteiger partial charge >= 0.3 is 0 Å². The molecule has 2 fully saturated rings. The van der Waals surface area contributed by atoms with E-state index in [0.717, 1.165) is 43.3 Å². The summed E-state index contributed by atoms with van der Waals surface area (Å²) in [6.07, 6.45) is 4.57. The Bertz CT molecular complexity index is 1090. The number of amides is 2. The standard InChI is InChI=1S/C25H28N4O4/c30-24(27-13-11-26(12-14-27)22-4-2-5-22)20-7-8-21-17-28(10-9-18(21)15-20)25(31)19-3-1-6-23(16-19)29(32)33/h1,3,6-8,15-16,22H,2,4-5,9-14,17H2. The topological polar surface area (TPSA) is 87.0 Å². The van der Waals surface area contributed by atoms with E-state index in [9.17, 15) is 19.7 Å². The van der Waals surface area contributed by atoms with Crippen molar-refractivity contribution in [2.24, 2.45) is 0 Å². The van der Waals surface area contributed by atoms with Gasteiger partial charge in [-0.1, -0.05) is 18.6 Å². The van der Waals surface area contributed by atoms with Gasteiger partial charge in [-0.25, -0.2) is 0 Å². The average molecular weight is 449 g/mol. The van der Waals surface area contributed by atoms with Gasteiger partial charge in [-0.3, -0.25) is 24.6 Å². The number of carbonyl (C=O) groups is 2. The molecule has 172 valence electrons. The van der Waals surface area contributed by atoms with E-state index in [2.05, 4.69) is 4.90 Å². The zero-order valence-corrected chi connectivity index (χ0v) is 18.6. The van der Waals surface area contributed by atoms with E-state index in [1.807, 2.05) is 23.1 Å². The molecule has 33 heavy (non-hydrogen) atoms. The molecule has 0 bridgehead atoms. The lowest BCUT2D eigenvalue weighted by molar-refractivity contribution is -0.384. The first-order chi connectivity index (χ1) is 16.0. The summed E-state index contributed by atoms with van der Waals surface area (Å²) in [6, 6.07) is 12.4. The summed E-state index contributed by atoms with van der Waals surface area (Å²) in [4.78, 5) is 42.7. The van der Waals surface area contributed by atoms with Gasteiger partial charge in [-0.05, 0) is 48.6 Å². The molecule has 2 aromatic rings. The smallest absolute Gasteiger partial charge is 0.270 e. The fourth-order valence-corrected chi connectivity index (χ4v) is 5.02. The molecule has 0 aromatic heterocycles. The number of carbonyl (C=O) groups excluding carboxylic acids is 2. The number of hydrogen-bond acceptors (Lipinski definition) is 5. The van der Waals surface area contributed by atoms with Crippen LogP contribution in [-0.2, 0) is 13.0 Å². The Morgan fingerprint density at radius 1 is 0.848 bits per heavy atom. The third-order valence-corrected chi connectivity index (χ3v) is 7.25. The lowest BCUT2D eigenvalue weighted by Gasteiger charge is -2.43. The Kier molecular flexibility index (Phi) is 5.85. The quantitative estimate of drug-likeness (QED) is 0.530. The van der Waals surface area contributed by atoms with Gasteiger partial charge in [0.1, 0.15) is 0 Å². The van der Waals surface area contributed by atoms with Crippen LogP contribution in [0.1, 0.15) is 51.1 Å². The Balaban J connectivity index is 1.23. The first-order valence-corrected chi connectivity index (χ1v) is 11.7. The van der Waals surface area contributed by atoms with Crippen LogP contribution in [0.25, 0.3) is 0 Å². The first kappa shape index (κ1) is 21.6. The van der Waals surface area contributed by atoms with Gasteiger partial charge in [-0.15, -0.1) is 0 Å². The summed E-state index contributed by atoms with van der Waals surface area (Å²) >= 11 is 0. The van der Waals surface area contributed by atoms with E-state index in [-0.39, 0.29) is 17.5 Å². The van der Waals surface area contributed by atoms with Crippen LogP contribution in [0.3, 0.4) is 0 Å². The normalized spacial score (nSPS) is 19.0. The predicted molar refractivity (Wildman–Crippen MR) is 123 cm³/mol. The van der Waals surface area contributed by atoms with E-state index in [0.29, 0.717) is 30.6 Å². The Morgan fingerprint density at radius 2 is 1.58 bits per heavy atom. The molecule has 8 nitrogen and oxygen atoms in total. The minimum Gasteiger partial charge on any atom is -0.336 e. The molecule has 2 aromatic carbocycles. The zero-order valence-electron chi connectivity index (χ0n) is 18.6. The molecule has 1 saturated carbocycles. The van der Waals surface area contributed by atoms with Crippen LogP contribution in [0, 0.1) is 10.1 Å².